The maximum absolute atomic E-state index is 4.10. The summed E-state index contributed by atoms with van der Waals surface area (Å²) in [5, 5.41) is 0. The Balaban J connectivity index is 2.17. The van der Waals surface area contributed by atoms with Gasteiger partial charge in [-0.05, 0) is 35.2 Å². The molecule has 0 amide bonds. The molecular weight excluding hydrogens is 192 g/mol. The van der Waals surface area contributed by atoms with Crippen LogP contribution in [0.5, 0.6) is 0 Å². The second-order valence-corrected chi connectivity index (χ2v) is 3.54. The molecule has 1 heterocycles. The molecule has 0 N–H and O–H groups in total. The molecule has 1 aromatic rings. The van der Waals surface area contributed by atoms with Crippen molar-refractivity contribution in [1.29, 1.82) is 0 Å². The molecule has 2 nitrogen and oxygen atoms in total. The van der Waals surface area contributed by atoms with Crippen LogP contribution in [0.2, 0.25) is 0 Å². The number of hydrogen-bond donors (Lipinski definition) is 0. The number of nitrogens with zero attached hydrogens (tertiary/aromatic N) is 2. The van der Waals surface area contributed by atoms with Crippen LogP contribution in [-0.4, -0.2) is 9.55 Å². The quantitative estimate of drug-likeness (QED) is 0.681. The van der Waals surface area contributed by atoms with Gasteiger partial charge in [-0.1, -0.05) is 0 Å². The van der Waals surface area contributed by atoms with Crippen LogP contribution in [-0.2, 0) is 0 Å². The lowest BCUT2D eigenvalue weighted by atomic mass is 9.93. The van der Waals surface area contributed by atoms with E-state index >= 15 is 0 Å². The summed E-state index contributed by atoms with van der Waals surface area (Å²) in [6.45, 7) is 0. The van der Waals surface area contributed by atoms with E-state index in [0.29, 0.717) is 0 Å². The van der Waals surface area contributed by atoms with Crippen LogP contribution in [0.3, 0.4) is 0 Å². The lowest BCUT2D eigenvalue weighted by Gasteiger charge is -2.26. The summed E-state index contributed by atoms with van der Waals surface area (Å²) in [6, 6.07) is 0.735. The van der Waals surface area contributed by atoms with Gasteiger partial charge in [-0.25, -0.2) is 4.98 Å². The highest BCUT2D eigenvalue weighted by Crippen LogP contribution is 2.31. The Labute approximate surface area is 68.4 Å². The van der Waals surface area contributed by atoms with Crippen LogP contribution in [0.1, 0.15) is 25.3 Å². The van der Waals surface area contributed by atoms with E-state index in [1.807, 2.05) is 12.5 Å². The van der Waals surface area contributed by atoms with E-state index < -0.39 is 0 Å². The van der Waals surface area contributed by atoms with E-state index in [1.165, 1.54) is 19.3 Å². The summed E-state index contributed by atoms with van der Waals surface area (Å²) in [5.74, 6) is 0. The van der Waals surface area contributed by atoms with Gasteiger partial charge in [0.1, 0.15) is 4.60 Å². The Bertz CT molecular complexity index is 227. The molecule has 1 saturated carbocycles. The fraction of sp³-hybridized carbons (Fsp3) is 0.571. The topological polar surface area (TPSA) is 17.8 Å². The second-order valence-electron chi connectivity index (χ2n) is 2.73. The van der Waals surface area contributed by atoms with Crippen molar-refractivity contribution in [2.75, 3.05) is 0 Å². The second kappa shape index (κ2) is 2.38. The first kappa shape index (κ1) is 6.40. The molecule has 0 aromatic carbocycles. The van der Waals surface area contributed by atoms with Gasteiger partial charge < -0.3 is 4.57 Å². The van der Waals surface area contributed by atoms with Gasteiger partial charge in [0.25, 0.3) is 0 Å². The molecule has 10 heavy (non-hydrogen) atoms. The molecule has 0 radical (unpaired) electrons. The highest BCUT2D eigenvalue weighted by atomic mass is 79.9. The molecule has 0 unspecified atom stereocenters. The minimum absolute atomic E-state index is 0.735. The molecule has 1 fully saturated rings. The monoisotopic (exact) mass is 200 g/mol. The molecule has 2 rings (SSSR count). The van der Waals surface area contributed by atoms with Crippen molar-refractivity contribution in [1.82, 2.24) is 9.55 Å². The third-order valence-electron chi connectivity index (χ3n) is 2.07. The zero-order chi connectivity index (χ0) is 6.97. The standard InChI is InChI=1S/C7H9BrN2/c8-7-4-10(5-9-7)6-2-1-3-6/h4-6H,1-3H2. The number of halogens is 1. The zero-order valence-corrected chi connectivity index (χ0v) is 7.21. The van der Waals surface area contributed by atoms with Gasteiger partial charge in [-0.15, -0.1) is 0 Å². The molecule has 0 spiro atoms. The molecule has 1 aliphatic rings. The summed E-state index contributed by atoms with van der Waals surface area (Å²) in [7, 11) is 0. The largest absolute Gasteiger partial charge is 0.333 e. The highest BCUT2D eigenvalue weighted by molar-refractivity contribution is 9.10. The van der Waals surface area contributed by atoms with Crippen LogP contribution >= 0.6 is 15.9 Å². The van der Waals surface area contributed by atoms with Crippen LogP contribution in [0, 0.1) is 0 Å². The number of aromatic nitrogens is 2. The zero-order valence-electron chi connectivity index (χ0n) is 5.63. The third-order valence-corrected chi connectivity index (χ3v) is 2.48. The van der Waals surface area contributed by atoms with Gasteiger partial charge >= 0.3 is 0 Å². The fourth-order valence-corrected chi connectivity index (χ4v) is 1.52. The summed E-state index contributed by atoms with van der Waals surface area (Å²) < 4.78 is 3.13. The first-order valence-electron chi connectivity index (χ1n) is 3.55. The maximum atomic E-state index is 4.10. The lowest BCUT2D eigenvalue weighted by Crippen LogP contribution is -2.14. The molecular formula is C7H9BrN2. The van der Waals surface area contributed by atoms with Crippen molar-refractivity contribution < 1.29 is 0 Å². The average molecular weight is 201 g/mol. The molecule has 3 heteroatoms. The van der Waals surface area contributed by atoms with Crippen LogP contribution < -0.4 is 0 Å². The maximum Gasteiger partial charge on any atom is 0.124 e. The molecule has 0 atom stereocenters. The van der Waals surface area contributed by atoms with Crippen molar-refractivity contribution in [2.24, 2.45) is 0 Å². The molecule has 0 aliphatic heterocycles. The van der Waals surface area contributed by atoms with Crippen molar-refractivity contribution >= 4 is 15.9 Å². The van der Waals surface area contributed by atoms with Crippen LogP contribution in [0.15, 0.2) is 17.1 Å². The Morgan fingerprint density at radius 3 is 2.80 bits per heavy atom. The number of imidazole rings is 1. The molecule has 0 saturated heterocycles. The van der Waals surface area contributed by atoms with Gasteiger partial charge in [0.15, 0.2) is 0 Å². The normalized spacial score (nSPS) is 18.9. The SMILES string of the molecule is Brc1cn(C2CCC2)cn1. The van der Waals surface area contributed by atoms with E-state index in [2.05, 4.69) is 25.5 Å². The van der Waals surface area contributed by atoms with E-state index in [-0.39, 0.29) is 0 Å². The minimum atomic E-state index is 0.735. The summed E-state index contributed by atoms with van der Waals surface area (Å²) in [4.78, 5) is 4.10. The van der Waals surface area contributed by atoms with E-state index in [0.717, 1.165) is 10.6 Å². The average Bonchev–Trinajstić information content (AvgIpc) is 2.10. The van der Waals surface area contributed by atoms with Gasteiger partial charge in [-0.2, -0.15) is 0 Å². The van der Waals surface area contributed by atoms with Gasteiger partial charge in [0, 0.05) is 12.2 Å². The number of hydrogen-bond acceptors (Lipinski definition) is 1. The van der Waals surface area contributed by atoms with Gasteiger partial charge in [-0.3, -0.25) is 0 Å². The predicted octanol–water partition coefficient (Wildman–Crippen LogP) is 2.37. The van der Waals surface area contributed by atoms with Crippen molar-refractivity contribution in [2.45, 2.75) is 25.3 Å². The lowest BCUT2D eigenvalue weighted by molar-refractivity contribution is 0.313. The van der Waals surface area contributed by atoms with Gasteiger partial charge in [0.05, 0.1) is 6.33 Å². The minimum Gasteiger partial charge on any atom is -0.333 e. The predicted molar refractivity (Wildman–Crippen MR) is 42.8 cm³/mol. The molecule has 0 bridgehead atoms. The molecule has 54 valence electrons. The summed E-state index contributed by atoms with van der Waals surface area (Å²) >= 11 is 3.32. The van der Waals surface area contributed by atoms with Crippen molar-refractivity contribution in [3.8, 4) is 0 Å². The Morgan fingerprint density at radius 1 is 1.60 bits per heavy atom. The van der Waals surface area contributed by atoms with Crippen molar-refractivity contribution in [3.05, 3.63) is 17.1 Å². The van der Waals surface area contributed by atoms with E-state index in [4.69, 9.17) is 0 Å². The smallest absolute Gasteiger partial charge is 0.124 e. The molecule has 1 aliphatic carbocycles. The first-order valence-corrected chi connectivity index (χ1v) is 4.34. The van der Waals surface area contributed by atoms with Crippen molar-refractivity contribution in [3.63, 3.8) is 0 Å². The van der Waals surface area contributed by atoms with E-state index in [1.54, 1.807) is 0 Å². The fourth-order valence-electron chi connectivity index (χ4n) is 1.20. The van der Waals surface area contributed by atoms with Crippen LogP contribution in [0.25, 0.3) is 0 Å². The number of rotatable bonds is 1. The first-order chi connectivity index (χ1) is 4.86. The Hall–Kier alpha value is -0.310. The highest BCUT2D eigenvalue weighted by Gasteiger charge is 2.18. The summed E-state index contributed by atoms with van der Waals surface area (Å²) in [6.07, 6.45) is 7.96. The third kappa shape index (κ3) is 0.985. The Morgan fingerprint density at radius 2 is 2.40 bits per heavy atom. The van der Waals surface area contributed by atoms with Crippen LogP contribution in [0.4, 0.5) is 0 Å². The summed E-state index contributed by atoms with van der Waals surface area (Å²) in [5.41, 5.74) is 0. The van der Waals surface area contributed by atoms with Gasteiger partial charge in [0.2, 0.25) is 0 Å². The Kier molecular flexibility index (Phi) is 1.52. The van der Waals surface area contributed by atoms with E-state index in [9.17, 15) is 0 Å². The molecule has 1 aromatic heterocycles.